The minimum absolute atomic E-state index is 0.212. The predicted octanol–water partition coefficient (Wildman–Crippen LogP) is 0.952. The molecule has 17 heavy (non-hydrogen) atoms. The molecular weight excluding hydrogens is 218 g/mol. The third-order valence-electron chi connectivity index (χ3n) is 2.57. The van der Waals surface area contributed by atoms with Crippen LogP contribution in [0.2, 0.25) is 0 Å². The molecule has 1 heterocycles. The number of hydrogen-bond acceptors (Lipinski definition) is 6. The lowest BCUT2D eigenvalue weighted by atomic mass is 10.2. The zero-order valence-electron chi connectivity index (χ0n) is 10.6. The van der Waals surface area contributed by atoms with E-state index in [1.165, 1.54) is 0 Å². The Bertz CT molecular complexity index is 369. The van der Waals surface area contributed by atoms with Gasteiger partial charge in [0.25, 0.3) is 0 Å². The molecule has 0 aliphatic carbocycles. The maximum Gasteiger partial charge on any atom is 0.148 e. The molecule has 5 N–H and O–H groups in total. The van der Waals surface area contributed by atoms with Crippen molar-refractivity contribution in [1.82, 2.24) is 9.97 Å². The fourth-order valence-corrected chi connectivity index (χ4v) is 1.61. The maximum absolute atomic E-state index is 8.78. The van der Waals surface area contributed by atoms with E-state index in [9.17, 15) is 0 Å². The molecule has 0 aliphatic heterocycles. The average Bonchev–Trinajstić information content (AvgIpc) is 2.30. The number of anilines is 2. The van der Waals surface area contributed by atoms with E-state index in [4.69, 9.17) is 10.9 Å². The van der Waals surface area contributed by atoms with Crippen LogP contribution >= 0.6 is 0 Å². The van der Waals surface area contributed by atoms with Crippen LogP contribution in [0.5, 0.6) is 0 Å². The van der Waals surface area contributed by atoms with Crippen LogP contribution in [0.25, 0.3) is 0 Å². The maximum atomic E-state index is 8.78. The first-order valence-corrected chi connectivity index (χ1v) is 5.77. The van der Waals surface area contributed by atoms with Crippen molar-refractivity contribution in [2.45, 2.75) is 39.7 Å². The summed E-state index contributed by atoms with van der Waals surface area (Å²) in [6, 6.07) is 0.251. The molecule has 0 saturated heterocycles. The van der Waals surface area contributed by atoms with Gasteiger partial charge in [-0.2, -0.15) is 0 Å². The Kier molecular flexibility index (Phi) is 5.11. The molecule has 0 aromatic carbocycles. The van der Waals surface area contributed by atoms with Gasteiger partial charge in [-0.05, 0) is 33.6 Å². The SMILES string of the molecule is Cc1nc(NN)c(C)c(NC(C)CCCO)n1. The molecule has 6 nitrogen and oxygen atoms in total. The smallest absolute Gasteiger partial charge is 0.148 e. The number of aliphatic hydroxyl groups excluding tert-OH is 1. The van der Waals surface area contributed by atoms with Crippen molar-refractivity contribution in [3.63, 3.8) is 0 Å². The molecule has 1 atom stereocenters. The number of rotatable bonds is 6. The first kappa shape index (κ1) is 13.7. The zero-order valence-corrected chi connectivity index (χ0v) is 10.6. The molecule has 0 fully saturated rings. The number of nitrogens with one attached hydrogen (secondary N) is 2. The molecule has 1 aromatic heterocycles. The molecule has 96 valence electrons. The van der Waals surface area contributed by atoms with Crippen LogP contribution in [0.4, 0.5) is 11.6 Å². The Morgan fingerprint density at radius 2 is 1.94 bits per heavy atom. The molecule has 0 aliphatic rings. The fraction of sp³-hybridized carbons (Fsp3) is 0.636. The number of nitrogen functional groups attached to an aromatic ring is 1. The minimum atomic E-state index is 0.212. The summed E-state index contributed by atoms with van der Waals surface area (Å²) in [4.78, 5) is 8.54. The summed E-state index contributed by atoms with van der Waals surface area (Å²) in [6.07, 6.45) is 1.67. The monoisotopic (exact) mass is 239 g/mol. The first-order chi connectivity index (χ1) is 8.08. The largest absolute Gasteiger partial charge is 0.396 e. The van der Waals surface area contributed by atoms with Crippen LogP contribution in [-0.2, 0) is 0 Å². The van der Waals surface area contributed by atoms with Gasteiger partial charge in [-0.3, -0.25) is 0 Å². The highest BCUT2D eigenvalue weighted by Crippen LogP contribution is 2.20. The lowest BCUT2D eigenvalue weighted by Crippen LogP contribution is -2.19. The van der Waals surface area contributed by atoms with Crippen molar-refractivity contribution < 1.29 is 5.11 Å². The fourth-order valence-electron chi connectivity index (χ4n) is 1.61. The van der Waals surface area contributed by atoms with Gasteiger partial charge in [-0.25, -0.2) is 15.8 Å². The third kappa shape index (κ3) is 3.83. The first-order valence-electron chi connectivity index (χ1n) is 5.77. The van der Waals surface area contributed by atoms with E-state index in [2.05, 4.69) is 27.6 Å². The lowest BCUT2D eigenvalue weighted by molar-refractivity contribution is 0.282. The topological polar surface area (TPSA) is 96.1 Å². The van der Waals surface area contributed by atoms with Gasteiger partial charge in [0.1, 0.15) is 17.5 Å². The van der Waals surface area contributed by atoms with Crippen LogP contribution in [0.3, 0.4) is 0 Å². The number of aliphatic hydroxyl groups is 1. The molecule has 0 bridgehead atoms. The number of aryl methyl sites for hydroxylation is 1. The summed E-state index contributed by atoms with van der Waals surface area (Å²) < 4.78 is 0. The van der Waals surface area contributed by atoms with E-state index in [0.717, 1.165) is 24.2 Å². The molecule has 1 rings (SSSR count). The van der Waals surface area contributed by atoms with Crippen molar-refractivity contribution in [2.24, 2.45) is 5.84 Å². The van der Waals surface area contributed by atoms with Crippen molar-refractivity contribution in [2.75, 3.05) is 17.3 Å². The Morgan fingerprint density at radius 1 is 1.29 bits per heavy atom. The Balaban J connectivity index is 2.79. The van der Waals surface area contributed by atoms with E-state index in [-0.39, 0.29) is 12.6 Å². The zero-order chi connectivity index (χ0) is 12.8. The molecule has 1 unspecified atom stereocenters. The van der Waals surface area contributed by atoms with E-state index in [0.29, 0.717) is 11.6 Å². The second-order valence-corrected chi connectivity index (χ2v) is 4.15. The number of nitrogens with zero attached hydrogens (tertiary/aromatic N) is 2. The summed E-state index contributed by atoms with van der Waals surface area (Å²) >= 11 is 0. The highest BCUT2D eigenvalue weighted by Gasteiger charge is 2.10. The van der Waals surface area contributed by atoms with Crippen molar-refractivity contribution >= 4 is 11.6 Å². The third-order valence-corrected chi connectivity index (χ3v) is 2.57. The van der Waals surface area contributed by atoms with Crippen molar-refractivity contribution in [3.8, 4) is 0 Å². The second kappa shape index (κ2) is 6.36. The number of nitrogens with two attached hydrogens (primary N) is 1. The normalized spacial score (nSPS) is 12.3. The van der Waals surface area contributed by atoms with Gasteiger partial charge >= 0.3 is 0 Å². The van der Waals surface area contributed by atoms with Gasteiger partial charge in [-0.1, -0.05) is 0 Å². The van der Waals surface area contributed by atoms with Gasteiger partial charge in [-0.15, -0.1) is 0 Å². The number of aromatic nitrogens is 2. The van der Waals surface area contributed by atoms with Crippen molar-refractivity contribution in [1.29, 1.82) is 0 Å². The quantitative estimate of drug-likeness (QED) is 0.436. The molecule has 0 amide bonds. The van der Waals surface area contributed by atoms with Crippen molar-refractivity contribution in [3.05, 3.63) is 11.4 Å². The van der Waals surface area contributed by atoms with Gasteiger partial charge in [0, 0.05) is 18.2 Å². The van der Waals surface area contributed by atoms with E-state index in [1.807, 2.05) is 13.8 Å². The highest BCUT2D eigenvalue weighted by molar-refractivity contribution is 5.56. The van der Waals surface area contributed by atoms with Gasteiger partial charge in [0.2, 0.25) is 0 Å². The van der Waals surface area contributed by atoms with E-state index in [1.54, 1.807) is 0 Å². The van der Waals surface area contributed by atoms with Gasteiger partial charge in [0.15, 0.2) is 0 Å². The van der Waals surface area contributed by atoms with Crippen LogP contribution in [-0.4, -0.2) is 27.7 Å². The van der Waals surface area contributed by atoms with Gasteiger partial charge < -0.3 is 15.8 Å². The standard InChI is InChI=1S/C11H21N5O/c1-7(5-4-6-17)13-10-8(2)11(16-12)15-9(3)14-10/h7,17H,4-6,12H2,1-3H3,(H2,13,14,15,16). The van der Waals surface area contributed by atoms with E-state index < -0.39 is 0 Å². The van der Waals surface area contributed by atoms with Crippen LogP contribution in [0.15, 0.2) is 0 Å². The number of hydrogen-bond donors (Lipinski definition) is 4. The Morgan fingerprint density at radius 3 is 2.53 bits per heavy atom. The second-order valence-electron chi connectivity index (χ2n) is 4.15. The molecule has 0 radical (unpaired) electrons. The number of hydrazine groups is 1. The van der Waals surface area contributed by atoms with Crippen LogP contribution in [0.1, 0.15) is 31.2 Å². The van der Waals surface area contributed by atoms with E-state index >= 15 is 0 Å². The predicted molar refractivity (Wildman–Crippen MR) is 68.7 cm³/mol. The molecule has 6 heteroatoms. The Hall–Kier alpha value is -1.40. The van der Waals surface area contributed by atoms with Crippen LogP contribution < -0.4 is 16.6 Å². The minimum Gasteiger partial charge on any atom is -0.396 e. The molecule has 1 aromatic rings. The summed E-state index contributed by atoms with van der Waals surface area (Å²) in [5, 5.41) is 12.1. The lowest BCUT2D eigenvalue weighted by Gasteiger charge is -2.17. The summed E-state index contributed by atoms with van der Waals surface area (Å²) in [5.41, 5.74) is 3.46. The Labute approximate surface area is 102 Å². The summed E-state index contributed by atoms with van der Waals surface area (Å²) in [7, 11) is 0. The molecular formula is C11H21N5O. The molecule has 0 spiro atoms. The average molecular weight is 239 g/mol. The molecule has 0 saturated carbocycles. The summed E-state index contributed by atoms with van der Waals surface area (Å²) in [5.74, 6) is 7.49. The highest BCUT2D eigenvalue weighted by atomic mass is 16.2. The summed E-state index contributed by atoms with van der Waals surface area (Å²) in [6.45, 7) is 6.01. The van der Waals surface area contributed by atoms with Crippen LogP contribution in [0, 0.1) is 13.8 Å². The van der Waals surface area contributed by atoms with Gasteiger partial charge in [0.05, 0.1) is 0 Å².